The summed E-state index contributed by atoms with van der Waals surface area (Å²) >= 11 is 0. The van der Waals surface area contributed by atoms with Crippen molar-refractivity contribution in [2.24, 2.45) is 5.92 Å². The van der Waals surface area contributed by atoms with Gasteiger partial charge in [0.25, 0.3) is 0 Å². The lowest BCUT2D eigenvalue weighted by atomic mass is 9.71. The van der Waals surface area contributed by atoms with Crippen LogP contribution in [0.3, 0.4) is 0 Å². The first kappa shape index (κ1) is 13.2. The first-order chi connectivity index (χ1) is 10.8. The van der Waals surface area contributed by atoms with Gasteiger partial charge in [-0.25, -0.2) is 4.84 Å². The first-order valence-corrected chi connectivity index (χ1v) is 8.56. The second-order valence-corrected chi connectivity index (χ2v) is 7.32. The Morgan fingerprint density at radius 1 is 1.18 bits per heavy atom. The number of Topliss-reactive ketones (excluding diaryl/α,β-unsaturated/α-hetero) is 1. The summed E-state index contributed by atoms with van der Waals surface area (Å²) in [6, 6.07) is 9.44. The minimum atomic E-state index is 0.234. The zero-order valence-corrected chi connectivity index (χ0v) is 13.1. The van der Waals surface area contributed by atoms with Crippen molar-refractivity contribution in [3.8, 4) is 0 Å². The highest BCUT2D eigenvalue weighted by Crippen LogP contribution is 2.56. The van der Waals surface area contributed by atoms with E-state index in [1.54, 1.807) is 7.11 Å². The highest BCUT2D eigenvalue weighted by atomic mass is 16.7. The number of carbonyl (C=O) groups is 1. The average Bonchev–Trinajstić information content (AvgIpc) is 2.86. The number of quaternary nitrogens is 1. The molecular weight excluding hydrogens is 276 g/mol. The molecule has 4 aliphatic rings. The van der Waals surface area contributed by atoms with Gasteiger partial charge in [-0.05, 0) is 32.4 Å². The normalized spacial score (nSPS) is 42.9. The molecule has 4 heterocycles. The molecule has 116 valence electrons. The van der Waals surface area contributed by atoms with Crippen LogP contribution in [0.1, 0.15) is 30.7 Å². The summed E-state index contributed by atoms with van der Waals surface area (Å²) in [5.74, 6) is 1.19. The maximum Gasteiger partial charge on any atom is 0.195 e. The van der Waals surface area contributed by atoms with Gasteiger partial charge in [0.2, 0.25) is 0 Å². The average molecular weight is 299 g/mol. The van der Waals surface area contributed by atoms with Crippen molar-refractivity contribution in [1.82, 2.24) is 9.55 Å². The Morgan fingerprint density at radius 3 is 2.91 bits per heavy atom. The molecule has 5 atom stereocenters. The van der Waals surface area contributed by atoms with Crippen LogP contribution < -0.4 is 4.65 Å². The van der Waals surface area contributed by atoms with Gasteiger partial charge in [-0.15, -0.1) is 4.65 Å². The minimum absolute atomic E-state index is 0.234. The SMILES string of the molecule is CO[N+]12CC(=O)[C@H]3CCCN4CCC(c5ccccc51)C2[C@@H]34. The van der Waals surface area contributed by atoms with E-state index in [0.29, 0.717) is 35.0 Å². The van der Waals surface area contributed by atoms with Crippen molar-refractivity contribution in [1.29, 1.82) is 0 Å². The number of benzene rings is 1. The summed E-state index contributed by atoms with van der Waals surface area (Å²) in [4.78, 5) is 21.6. The summed E-state index contributed by atoms with van der Waals surface area (Å²) in [6.45, 7) is 2.80. The van der Waals surface area contributed by atoms with E-state index in [9.17, 15) is 4.79 Å². The van der Waals surface area contributed by atoms with Crippen LogP contribution in [0.5, 0.6) is 0 Å². The number of carbonyl (C=O) groups excluding carboxylic acids is 1. The molecule has 0 spiro atoms. The molecule has 0 aromatic heterocycles. The number of hydrogen-bond donors (Lipinski definition) is 0. The van der Waals surface area contributed by atoms with Gasteiger partial charge in [0.1, 0.15) is 6.04 Å². The van der Waals surface area contributed by atoms with Crippen LogP contribution in [0.4, 0.5) is 5.69 Å². The molecule has 0 aliphatic carbocycles. The molecular formula is C18H23N2O2+. The van der Waals surface area contributed by atoms with Crippen LogP contribution in [-0.4, -0.2) is 49.5 Å². The van der Waals surface area contributed by atoms with Crippen LogP contribution in [0.25, 0.3) is 0 Å². The largest absolute Gasteiger partial charge is 0.294 e. The fourth-order valence-electron chi connectivity index (χ4n) is 5.88. The van der Waals surface area contributed by atoms with Crippen molar-refractivity contribution < 1.29 is 9.63 Å². The molecule has 4 nitrogen and oxygen atoms in total. The number of piperidine rings is 3. The fourth-order valence-corrected chi connectivity index (χ4v) is 5.88. The molecule has 0 amide bonds. The predicted molar refractivity (Wildman–Crippen MR) is 84.4 cm³/mol. The number of fused-ring (bicyclic) bond motifs is 3. The Balaban J connectivity index is 1.73. The van der Waals surface area contributed by atoms with Crippen molar-refractivity contribution in [3.63, 3.8) is 0 Å². The monoisotopic (exact) mass is 299 g/mol. The lowest BCUT2D eigenvalue weighted by molar-refractivity contribution is -0.200. The maximum atomic E-state index is 12.9. The summed E-state index contributed by atoms with van der Waals surface area (Å²) in [6.07, 6.45) is 3.44. The van der Waals surface area contributed by atoms with Crippen molar-refractivity contribution in [2.45, 2.75) is 37.3 Å². The standard InChI is InChI=1S/C18H23N2O2/c1-22-20-11-16(21)14-6-4-9-19-10-8-13(18(20)17(14)19)12-5-2-3-7-15(12)20/h2-3,5,7,13-14,17-18H,4,6,8-11H2,1H3/q+1/t13?,14-,17-,18?,20?/m1/s1. The summed E-state index contributed by atoms with van der Waals surface area (Å²) < 4.78 is 0.442. The van der Waals surface area contributed by atoms with E-state index in [1.165, 1.54) is 24.1 Å². The van der Waals surface area contributed by atoms with E-state index in [1.807, 2.05) is 0 Å². The second kappa shape index (κ2) is 4.40. The summed E-state index contributed by atoms with van der Waals surface area (Å²) in [7, 11) is 1.79. The van der Waals surface area contributed by atoms with Gasteiger partial charge in [0.05, 0.1) is 13.2 Å². The predicted octanol–water partition coefficient (Wildman–Crippen LogP) is 2.09. The molecule has 0 bridgehead atoms. The Bertz CT molecular complexity index is 646. The zero-order chi connectivity index (χ0) is 14.9. The minimum Gasteiger partial charge on any atom is -0.294 e. The Hall–Kier alpha value is -1.23. The quantitative estimate of drug-likeness (QED) is 0.744. The summed E-state index contributed by atoms with van der Waals surface area (Å²) in [5, 5.41) is 0. The Labute approximate surface area is 131 Å². The van der Waals surface area contributed by atoms with Gasteiger partial charge in [0, 0.05) is 23.5 Å². The molecule has 0 N–H and O–H groups in total. The number of hydrogen-bond acceptors (Lipinski definition) is 3. The number of para-hydroxylation sites is 1. The fraction of sp³-hybridized carbons (Fsp3) is 0.611. The highest BCUT2D eigenvalue weighted by molar-refractivity contribution is 5.88. The van der Waals surface area contributed by atoms with E-state index in [2.05, 4.69) is 29.2 Å². The molecule has 0 radical (unpaired) electrons. The van der Waals surface area contributed by atoms with E-state index >= 15 is 0 Å². The molecule has 4 aliphatic heterocycles. The highest BCUT2D eigenvalue weighted by Gasteiger charge is 2.66. The number of hydroxylamine groups is 2. The maximum absolute atomic E-state index is 12.9. The van der Waals surface area contributed by atoms with Crippen molar-refractivity contribution in [3.05, 3.63) is 29.8 Å². The summed E-state index contributed by atoms with van der Waals surface area (Å²) in [5.41, 5.74) is 2.66. The lowest BCUT2D eigenvalue weighted by Gasteiger charge is -2.55. The van der Waals surface area contributed by atoms with E-state index in [0.717, 1.165) is 19.5 Å². The third-order valence-corrected chi connectivity index (χ3v) is 6.64. The number of ketones is 1. The smallest absolute Gasteiger partial charge is 0.195 e. The molecule has 0 saturated carbocycles. The molecule has 1 aromatic rings. The first-order valence-electron chi connectivity index (χ1n) is 8.56. The number of rotatable bonds is 1. The van der Waals surface area contributed by atoms with Gasteiger partial charge in [-0.1, -0.05) is 18.2 Å². The van der Waals surface area contributed by atoms with Gasteiger partial charge < -0.3 is 0 Å². The van der Waals surface area contributed by atoms with E-state index < -0.39 is 0 Å². The van der Waals surface area contributed by atoms with Crippen LogP contribution >= 0.6 is 0 Å². The Morgan fingerprint density at radius 2 is 2.05 bits per heavy atom. The third-order valence-electron chi connectivity index (χ3n) is 6.64. The second-order valence-electron chi connectivity index (χ2n) is 7.32. The van der Waals surface area contributed by atoms with Crippen LogP contribution in [0, 0.1) is 5.92 Å². The van der Waals surface area contributed by atoms with Gasteiger partial charge in [0.15, 0.2) is 18.0 Å². The van der Waals surface area contributed by atoms with Gasteiger partial charge >= 0.3 is 0 Å². The number of nitrogens with zero attached hydrogens (tertiary/aromatic N) is 2. The van der Waals surface area contributed by atoms with Gasteiger partial charge in [-0.3, -0.25) is 9.69 Å². The zero-order valence-electron chi connectivity index (χ0n) is 13.1. The Kier molecular flexibility index (Phi) is 2.65. The molecule has 3 fully saturated rings. The van der Waals surface area contributed by atoms with Crippen LogP contribution in [0.2, 0.25) is 0 Å². The molecule has 3 saturated heterocycles. The van der Waals surface area contributed by atoms with Gasteiger partial charge in [-0.2, -0.15) is 0 Å². The molecule has 4 heteroatoms. The van der Waals surface area contributed by atoms with E-state index in [-0.39, 0.29) is 5.92 Å². The molecule has 22 heavy (non-hydrogen) atoms. The van der Waals surface area contributed by atoms with Crippen molar-refractivity contribution >= 4 is 11.5 Å². The molecule has 1 aromatic carbocycles. The molecule has 5 rings (SSSR count). The van der Waals surface area contributed by atoms with Crippen LogP contribution in [-0.2, 0) is 9.63 Å². The van der Waals surface area contributed by atoms with E-state index in [4.69, 9.17) is 4.84 Å². The molecule has 3 unspecified atom stereocenters. The lowest BCUT2D eigenvalue weighted by Crippen LogP contribution is -2.74. The van der Waals surface area contributed by atoms with Crippen molar-refractivity contribution in [2.75, 3.05) is 26.7 Å². The topological polar surface area (TPSA) is 29.5 Å². The third kappa shape index (κ3) is 1.41. The van der Waals surface area contributed by atoms with Crippen LogP contribution in [0.15, 0.2) is 24.3 Å².